The zero-order chi connectivity index (χ0) is 35.6. The van der Waals surface area contributed by atoms with Gasteiger partial charge in [0.05, 0.1) is 23.7 Å². The Morgan fingerprint density at radius 3 is 2.34 bits per heavy atom. The molecule has 0 saturated carbocycles. The van der Waals surface area contributed by atoms with Gasteiger partial charge in [-0.3, -0.25) is 14.6 Å². The van der Waals surface area contributed by atoms with E-state index in [2.05, 4.69) is 45.7 Å². The summed E-state index contributed by atoms with van der Waals surface area (Å²) in [7, 11) is 3.45. The number of amides is 2. The van der Waals surface area contributed by atoms with Gasteiger partial charge in [-0.2, -0.15) is 9.94 Å². The fourth-order valence-electron chi connectivity index (χ4n) is 7.51. The minimum Gasteiger partial charge on any atom is -0.388 e. The zero-order valence-corrected chi connectivity index (χ0v) is 29.1. The number of hydrogen-bond donors (Lipinski definition) is 4. The van der Waals surface area contributed by atoms with E-state index in [1.165, 1.54) is 4.68 Å². The van der Waals surface area contributed by atoms with Crippen molar-refractivity contribution < 1.29 is 9.59 Å². The summed E-state index contributed by atoms with van der Waals surface area (Å²) >= 11 is 0. The Bertz CT molecular complexity index is 1970. The Morgan fingerprint density at radius 1 is 1.04 bits per heavy atom. The summed E-state index contributed by atoms with van der Waals surface area (Å²) in [6.07, 6.45) is 3.26. The van der Waals surface area contributed by atoms with Gasteiger partial charge in [0.1, 0.15) is 11.9 Å². The fraction of sp³-hybridized carbons (Fsp3) is 0.359. The number of rotatable bonds is 10. The van der Waals surface area contributed by atoms with Crippen molar-refractivity contribution in [3.63, 3.8) is 0 Å². The Balaban J connectivity index is 1.53. The van der Waals surface area contributed by atoms with Crippen molar-refractivity contribution in [2.45, 2.75) is 63.5 Å². The van der Waals surface area contributed by atoms with E-state index >= 15 is 0 Å². The minimum absolute atomic E-state index is 0.0695. The number of nitrogens with one attached hydrogen (secondary N) is 4. The van der Waals surface area contributed by atoms with E-state index in [1.54, 1.807) is 11.9 Å². The molecule has 258 valence electrons. The number of benzene rings is 3. The van der Waals surface area contributed by atoms with Gasteiger partial charge in [0.2, 0.25) is 5.91 Å². The first-order chi connectivity index (χ1) is 24.1. The van der Waals surface area contributed by atoms with Crippen molar-refractivity contribution in [1.82, 2.24) is 35.6 Å². The molecule has 1 fully saturated rings. The highest BCUT2D eigenvalue weighted by atomic mass is 16.2. The maximum Gasteiger partial charge on any atom is 0.348 e. The van der Waals surface area contributed by atoms with Gasteiger partial charge >= 0.3 is 5.69 Å². The van der Waals surface area contributed by atoms with Crippen molar-refractivity contribution in [3.8, 4) is 11.8 Å². The first kappa shape index (κ1) is 34.4. The third-order valence-electron chi connectivity index (χ3n) is 10.2. The van der Waals surface area contributed by atoms with Gasteiger partial charge in [0.15, 0.2) is 0 Å². The molecule has 4 aromatic rings. The average Bonchev–Trinajstić information content (AvgIpc) is 3.75. The van der Waals surface area contributed by atoms with Gasteiger partial charge in [-0.15, -0.1) is 5.10 Å². The van der Waals surface area contributed by atoms with Crippen molar-refractivity contribution in [2.24, 2.45) is 0 Å². The third kappa shape index (κ3) is 6.34. The number of aromatic amines is 1. The van der Waals surface area contributed by atoms with E-state index in [4.69, 9.17) is 5.10 Å². The minimum atomic E-state index is -0.991. The lowest BCUT2D eigenvalue weighted by atomic mass is 9.67. The molecule has 1 aliphatic heterocycles. The molecule has 3 aromatic carbocycles. The fourth-order valence-corrected chi connectivity index (χ4v) is 7.51. The molecular weight excluding hydrogens is 628 g/mol. The zero-order valence-electron chi connectivity index (χ0n) is 29.1. The van der Waals surface area contributed by atoms with Crippen LogP contribution in [0.15, 0.2) is 72.0 Å². The second-order valence-electron chi connectivity index (χ2n) is 13.3. The molecule has 1 saturated heterocycles. The summed E-state index contributed by atoms with van der Waals surface area (Å²) in [5.41, 5.74) is 6.56. The molecule has 50 heavy (non-hydrogen) atoms. The number of hydrogen-bond acceptors (Lipinski definition) is 7. The predicted molar refractivity (Wildman–Crippen MR) is 193 cm³/mol. The molecule has 0 bridgehead atoms. The standard InChI is InChI=1S/C39H44N8O3/c1-24-8-14-31(15-9-24)47-38(50)44-37(45-47)39(21-25(2)43-23-35(48)46-18-6-7-32(46)22-40)33-16-12-27(26(3)41-4)19-28(33)10-11-29-20-30(36(49)42-5)13-17-34(29)39/h8-9,12-17,19-20,25,32,41,43H,3,6-7,10-11,18,21,23H2,1-2,4-5H3,(H,42,49)(H,44,45,50)/t25-,32?,39?/m0/s1. The van der Waals surface area contributed by atoms with Crippen LogP contribution in [-0.4, -0.2) is 70.7 Å². The smallest absolute Gasteiger partial charge is 0.348 e. The van der Waals surface area contributed by atoms with Crippen LogP contribution in [0.25, 0.3) is 11.4 Å². The lowest BCUT2D eigenvalue weighted by Gasteiger charge is -2.37. The molecule has 0 spiro atoms. The Hall–Kier alpha value is -5.47. The van der Waals surface area contributed by atoms with Crippen molar-refractivity contribution in [1.29, 1.82) is 5.26 Å². The molecule has 2 amide bonds. The van der Waals surface area contributed by atoms with Crippen molar-refractivity contribution >= 4 is 17.5 Å². The van der Waals surface area contributed by atoms with Crippen LogP contribution < -0.4 is 21.6 Å². The molecule has 2 heterocycles. The molecule has 2 unspecified atom stereocenters. The largest absolute Gasteiger partial charge is 0.388 e. The number of carbonyl (C=O) groups is 2. The van der Waals surface area contributed by atoms with Crippen LogP contribution in [0.4, 0.5) is 0 Å². The number of carbonyl (C=O) groups excluding carboxylic acids is 2. The number of fused-ring (bicyclic) bond motifs is 2. The molecule has 3 atom stereocenters. The molecule has 6 rings (SSSR count). The van der Waals surface area contributed by atoms with E-state index in [0.717, 1.165) is 45.5 Å². The van der Waals surface area contributed by atoms with Crippen molar-refractivity contribution in [3.05, 3.63) is 122 Å². The molecule has 4 N–H and O–H groups in total. The summed E-state index contributed by atoms with van der Waals surface area (Å²) < 4.78 is 1.40. The summed E-state index contributed by atoms with van der Waals surface area (Å²) in [5, 5.41) is 23.9. The van der Waals surface area contributed by atoms with Crippen LogP contribution in [0.1, 0.15) is 75.7 Å². The number of H-pyrrole nitrogens is 1. The van der Waals surface area contributed by atoms with E-state index < -0.39 is 11.5 Å². The average molecular weight is 673 g/mol. The van der Waals surface area contributed by atoms with E-state index in [1.807, 2.05) is 69.4 Å². The van der Waals surface area contributed by atoms with E-state index in [9.17, 15) is 19.6 Å². The quantitative estimate of drug-likeness (QED) is 0.201. The lowest BCUT2D eigenvalue weighted by Crippen LogP contribution is -2.45. The molecule has 11 heteroatoms. The molecule has 1 aromatic heterocycles. The first-order valence-electron chi connectivity index (χ1n) is 17.1. The summed E-state index contributed by atoms with van der Waals surface area (Å²) in [6, 6.07) is 21.2. The van der Waals surface area contributed by atoms with E-state index in [-0.39, 0.29) is 30.1 Å². The van der Waals surface area contributed by atoms with Crippen LogP contribution in [0.3, 0.4) is 0 Å². The predicted octanol–water partition coefficient (Wildman–Crippen LogP) is 3.73. The van der Waals surface area contributed by atoms with Gasteiger partial charge in [0.25, 0.3) is 5.91 Å². The van der Waals surface area contributed by atoms with Crippen molar-refractivity contribution in [2.75, 3.05) is 27.2 Å². The Morgan fingerprint density at radius 2 is 1.70 bits per heavy atom. The summed E-state index contributed by atoms with van der Waals surface area (Å²) in [4.78, 5) is 44.7. The number of nitrogens with zero attached hydrogens (tertiary/aromatic N) is 4. The van der Waals surface area contributed by atoms with Gasteiger partial charge in [0, 0.05) is 37.9 Å². The topological polar surface area (TPSA) is 148 Å². The summed E-state index contributed by atoms with van der Waals surface area (Å²) in [6.45, 7) is 8.85. The third-order valence-corrected chi connectivity index (χ3v) is 10.2. The molecule has 2 aliphatic rings. The van der Waals surface area contributed by atoms with E-state index in [0.29, 0.717) is 49.3 Å². The van der Waals surface area contributed by atoms with Crippen LogP contribution in [0, 0.1) is 18.3 Å². The second kappa shape index (κ2) is 14.2. The molecule has 11 nitrogen and oxygen atoms in total. The number of aromatic nitrogens is 3. The molecular formula is C39H44N8O3. The number of nitriles is 1. The first-order valence-corrected chi connectivity index (χ1v) is 17.1. The molecule has 0 radical (unpaired) electrons. The Kier molecular flexibility index (Phi) is 9.75. The Labute approximate surface area is 292 Å². The number of aryl methyl sites for hydroxylation is 3. The van der Waals surface area contributed by atoms with Gasteiger partial charge in [-0.1, -0.05) is 42.5 Å². The van der Waals surface area contributed by atoms with Gasteiger partial charge in [-0.25, -0.2) is 4.79 Å². The molecule has 1 aliphatic carbocycles. The van der Waals surface area contributed by atoms with Crippen LogP contribution in [-0.2, 0) is 23.1 Å². The normalized spacial score (nSPS) is 18.7. The number of likely N-dealkylation sites (tertiary alicyclic amines) is 1. The van der Waals surface area contributed by atoms with Crippen LogP contribution in [0.2, 0.25) is 0 Å². The lowest BCUT2D eigenvalue weighted by molar-refractivity contribution is -0.130. The highest BCUT2D eigenvalue weighted by Gasteiger charge is 2.45. The second-order valence-corrected chi connectivity index (χ2v) is 13.3. The van der Waals surface area contributed by atoms with Gasteiger partial charge < -0.3 is 20.9 Å². The maximum atomic E-state index is 13.8. The monoisotopic (exact) mass is 672 g/mol. The van der Waals surface area contributed by atoms with Crippen LogP contribution >= 0.6 is 0 Å². The SMILES string of the molecule is C=C(NC)c1ccc2c(c1)CCc1cc(C(=O)NC)ccc1C2(C[C@H](C)NCC(=O)N1CCCC1C#N)c1nn(-c2ccc(C)cc2)c(=O)[nH]1. The highest BCUT2D eigenvalue weighted by molar-refractivity contribution is 5.94. The van der Waals surface area contributed by atoms with Crippen LogP contribution in [0.5, 0.6) is 0 Å². The maximum absolute atomic E-state index is 13.8. The highest BCUT2D eigenvalue weighted by Crippen LogP contribution is 2.47. The summed E-state index contributed by atoms with van der Waals surface area (Å²) in [5.74, 6) is 0.166. The van der Waals surface area contributed by atoms with Gasteiger partial charge in [-0.05, 0) is 104 Å².